The fourth-order valence-electron chi connectivity index (χ4n) is 1.85. The van der Waals surface area contributed by atoms with Crippen LogP contribution in [-0.2, 0) is 0 Å². The van der Waals surface area contributed by atoms with Crippen molar-refractivity contribution in [3.05, 3.63) is 31.2 Å². The molecule has 1 rings (SSSR count). The van der Waals surface area contributed by atoms with E-state index in [1.165, 1.54) is 0 Å². The van der Waals surface area contributed by atoms with Crippen LogP contribution < -0.4 is 5.01 Å². The van der Waals surface area contributed by atoms with Gasteiger partial charge in [-0.25, -0.2) is 0 Å². The van der Waals surface area contributed by atoms with E-state index in [0.717, 1.165) is 0 Å². The maximum absolute atomic E-state index is 3.48. The molecule has 17 heavy (non-hydrogen) atoms. The van der Waals surface area contributed by atoms with Crippen LogP contribution in [0.5, 0.6) is 0 Å². The summed E-state index contributed by atoms with van der Waals surface area (Å²) in [7, 11) is 0. The highest BCUT2D eigenvalue weighted by Crippen LogP contribution is 2.12. The zero-order valence-electron chi connectivity index (χ0n) is 11.9. The zero-order valence-corrected chi connectivity index (χ0v) is 11.9. The lowest BCUT2D eigenvalue weighted by atomic mass is 10.2. The molecule has 0 N–H and O–H groups in total. The van der Waals surface area contributed by atoms with Crippen LogP contribution in [0.15, 0.2) is 24.5 Å². The number of rotatable bonds is 6. The van der Waals surface area contributed by atoms with E-state index in [2.05, 4.69) is 62.8 Å². The predicted octanol–water partition coefficient (Wildman–Crippen LogP) is 2.95. The molecule has 0 amide bonds. The first-order chi connectivity index (χ1) is 7.93. The third kappa shape index (κ3) is 3.77. The largest absolute Gasteiger partial charge is 0.282 e. The Balaban J connectivity index is 2.79. The summed E-state index contributed by atoms with van der Waals surface area (Å²) < 4.78 is 2.07. The highest BCUT2D eigenvalue weighted by Gasteiger charge is 2.21. The van der Waals surface area contributed by atoms with Gasteiger partial charge in [0.15, 0.2) is 6.67 Å². The summed E-state index contributed by atoms with van der Waals surface area (Å²) in [6, 6.07) is 5.35. The van der Waals surface area contributed by atoms with Crippen LogP contribution in [0, 0.1) is 6.67 Å². The van der Waals surface area contributed by atoms with Gasteiger partial charge in [0.1, 0.15) is 0 Å². The number of hydrogen-bond donors (Lipinski definition) is 0. The maximum atomic E-state index is 3.48. The molecule has 0 aliphatic heterocycles. The Bertz CT molecular complexity index is 293. The minimum Gasteiger partial charge on any atom is -0.282 e. The maximum Gasteiger partial charge on any atom is 0.194 e. The van der Waals surface area contributed by atoms with Crippen molar-refractivity contribution in [2.75, 3.05) is 5.01 Å². The molecule has 0 unspecified atom stereocenters. The third-order valence-electron chi connectivity index (χ3n) is 2.66. The predicted molar refractivity (Wildman–Crippen MR) is 73.1 cm³/mol. The summed E-state index contributed by atoms with van der Waals surface area (Å²) in [6.07, 6.45) is 4.09. The molecule has 0 bridgehead atoms. The van der Waals surface area contributed by atoms with Gasteiger partial charge in [0, 0.05) is 30.5 Å². The van der Waals surface area contributed by atoms with Crippen LogP contribution in [0.1, 0.15) is 41.5 Å². The Morgan fingerprint density at radius 2 is 1.29 bits per heavy atom. The Morgan fingerprint density at radius 3 is 1.65 bits per heavy atom. The molecule has 1 aromatic heterocycles. The van der Waals surface area contributed by atoms with E-state index < -0.39 is 0 Å². The van der Waals surface area contributed by atoms with E-state index in [0.29, 0.717) is 18.1 Å². The number of aromatic nitrogens is 1. The molecule has 0 aromatic carbocycles. The zero-order chi connectivity index (χ0) is 13.0. The fourth-order valence-corrected chi connectivity index (χ4v) is 1.85. The first kappa shape index (κ1) is 14.1. The second-order valence-electron chi connectivity index (χ2n) is 5.20. The van der Waals surface area contributed by atoms with Crippen molar-refractivity contribution < 1.29 is 0 Å². The molecule has 0 fully saturated rings. The van der Waals surface area contributed by atoms with Crippen molar-refractivity contribution in [1.29, 1.82) is 0 Å². The van der Waals surface area contributed by atoms with Crippen molar-refractivity contribution in [3.8, 4) is 0 Å². The van der Waals surface area contributed by atoms with Crippen LogP contribution in [0.25, 0.3) is 0 Å². The lowest BCUT2D eigenvalue weighted by molar-refractivity contribution is 0.203. The molecule has 0 saturated heterocycles. The molecule has 2 radical (unpaired) electrons. The van der Waals surface area contributed by atoms with Gasteiger partial charge in [0.2, 0.25) is 0 Å². The highest BCUT2D eigenvalue weighted by molar-refractivity contribution is 5.04. The molecule has 0 aliphatic rings. The molecule has 0 atom stereocenters. The molecule has 3 nitrogen and oxygen atoms in total. The SMILES string of the molecule is CC(C)N([C]N(C(C)C)n1cccc1)C(C)C. The standard InChI is InChI=1S/C14H25N3/c1-12(2)16(13(3)4)11-17(14(5)6)15-9-7-8-10-15/h7-10,12-14H,1-6H3. The lowest BCUT2D eigenvalue weighted by Crippen LogP contribution is -2.47. The van der Waals surface area contributed by atoms with Crippen molar-refractivity contribution in [2.45, 2.75) is 59.7 Å². The average molecular weight is 235 g/mol. The summed E-state index contributed by atoms with van der Waals surface area (Å²) in [4.78, 5) is 2.25. The van der Waals surface area contributed by atoms with Crippen LogP contribution in [0.2, 0.25) is 0 Å². The van der Waals surface area contributed by atoms with Crippen LogP contribution >= 0.6 is 0 Å². The highest BCUT2D eigenvalue weighted by atomic mass is 15.6. The van der Waals surface area contributed by atoms with E-state index in [9.17, 15) is 0 Å². The lowest BCUT2D eigenvalue weighted by Gasteiger charge is -2.37. The molecule has 3 heteroatoms. The van der Waals surface area contributed by atoms with Crippen molar-refractivity contribution in [1.82, 2.24) is 9.58 Å². The van der Waals surface area contributed by atoms with E-state index >= 15 is 0 Å². The molecular weight excluding hydrogens is 210 g/mol. The van der Waals surface area contributed by atoms with Crippen LogP contribution in [-0.4, -0.2) is 27.7 Å². The summed E-state index contributed by atoms with van der Waals surface area (Å²) in [5, 5.41) is 2.12. The number of hydrogen-bond acceptors (Lipinski definition) is 2. The summed E-state index contributed by atoms with van der Waals surface area (Å²) in [5.41, 5.74) is 0. The van der Waals surface area contributed by atoms with Gasteiger partial charge >= 0.3 is 0 Å². The molecule has 0 saturated carbocycles. The van der Waals surface area contributed by atoms with Gasteiger partial charge in [0.05, 0.1) is 0 Å². The van der Waals surface area contributed by atoms with Gasteiger partial charge in [-0.2, -0.15) is 0 Å². The summed E-state index contributed by atoms with van der Waals surface area (Å²) in [6.45, 7) is 16.6. The van der Waals surface area contributed by atoms with Gasteiger partial charge in [-0.1, -0.05) is 0 Å². The minimum atomic E-state index is 0.377. The molecule has 1 aromatic rings. The summed E-state index contributed by atoms with van der Waals surface area (Å²) >= 11 is 0. The van der Waals surface area contributed by atoms with Gasteiger partial charge in [-0.15, -0.1) is 0 Å². The first-order valence-electron chi connectivity index (χ1n) is 6.40. The Kier molecular flexibility index (Phi) is 5.06. The fraction of sp³-hybridized carbons (Fsp3) is 0.643. The summed E-state index contributed by atoms with van der Waals surface area (Å²) in [5.74, 6) is 0. The first-order valence-corrected chi connectivity index (χ1v) is 6.40. The van der Waals surface area contributed by atoms with Crippen molar-refractivity contribution >= 4 is 0 Å². The van der Waals surface area contributed by atoms with Crippen LogP contribution in [0.4, 0.5) is 0 Å². The third-order valence-corrected chi connectivity index (χ3v) is 2.66. The van der Waals surface area contributed by atoms with E-state index in [4.69, 9.17) is 0 Å². The van der Waals surface area contributed by atoms with Gasteiger partial charge in [-0.05, 0) is 53.7 Å². The quantitative estimate of drug-likeness (QED) is 0.702. The normalized spacial score (nSPS) is 12.1. The molecule has 0 spiro atoms. The molecule has 1 heterocycles. The average Bonchev–Trinajstić information content (AvgIpc) is 2.69. The second kappa shape index (κ2) is 6.10. The van der Waals surface area contributed by atoms with E-state index in [1.54, 1.807) is 0 Å². The molecular formula is C14H25N3. The van der Waals surface area contributed by atoms with Crippen molar-refractivity contribution in [3.63, 3.8) is 0 Å². The van der Waals surface area contributed by atoms with E-state index in [-0.39, 0.29) is 0 Å². The minimum absolute atomic E-state index is 0.377. The number of nitrogens with zero attached hydrogens (tertiary/aromatic N) is 3. The van der Waals surface area contributed by atoms with Gasteiger partial charge in [-0.3, -0.25) is 14.6 Å². The van der Waals surface area contributed by atoms with Crippen LogP contribution in [0.3, 0.4) is 0 Å². The Hall–Kier alpha value is -0.960. The molecule has 96 valence electrons. The van der Waals surface area contributed by atoms with Crippen molar-refractivity contribution in [2.24, 2.45) is 0 Å². The Labute approximate surface area is 106 Å². The second-order valence-corrected chi connectivity index (χ2v) is 5.20. The van der Waals surface area contributed by atoms with E-state index in [1.807, 2.05) is 24.5 Å². The van der Waals surface area contributed by atoms with Gasteiger partial charge in [0.25, 0.3) is 0 Å². The Morgan fingerprint density at radius 1 is 0.824 bits per heavy atom. The monoisotopic (exact) mass is 235 g/mol. The smallest absolute Gasteiger partial charge is 0.194 e. The topological polar surface area (TPSA) is 11.4 Å². The molecule has 0 aliphatic carbocycles. The van der Waals surface area contributed by atoms with Gasteiger partial charge < -0.3 is 0 Å².